The lowest BCUT2D eigenvalue weighted by atomic mass is 10.0. The molecule has 10 heteroatoms. The van der Waals surface area contributed by atoms with Gasteiger partial charge in [0.25, 0.3) is 11.2 Å². The Kier molecular flexibility index (Phi) is 4.90. The summed E-state index contributed by atoms with van der Waals surface area (Å²) in [6.07, 6.45) is -0.924. The van der Waals surface area contributed by atoms with Crippen molar-refractivity contribution in [3.8, 4) is 17.0 Å². The summed E-state index contributed by atoms with van der Waals surface area (Å²) in [5.74, 6) is -0.177. The Labute approximate surface area is 193 Å². The zero-order valence-corrected chi connectivity index (χ0v) is 18.8. The van der Waals surface area contributed by atoms with Crippen LogP contribution < -0.4 is 11.2 Å². The number of nitrogens with zero attached hydrogens (tertiary/aromatic N) is 4. The molecular formula is C24H22N4O6. The van der Waals surface area contributed by atoms with Gasteiger partial charge in [-0.3, -0.25) is 24.0 Å². The van der Waals surface area contributed by atoms with Crippen LogP contribution in [0.1, 0.15) is 22.9 Å². The van der Waals surface area contributed by atoms with Crippen LogP contribution in [0.3, 0.4) is 0 Å². The Morgan fingerprint density at radius 3 is 2.59 bits per heavy atom. The summed E-state index contributed by atoms with van der Waals surface area (Å²) in [4.78, 5) is 37.1. The number of ether oxygens (including phenoxy) is 1. The highest BCUT2D eigenvalue weighted by Gasteiger charge is 2.34. The number of phenolic OH excluding ortho intramolecular Hbond substituents is 1. The summed E-state index contributed by atoms with van der Waals surface area (Å²) in [5.41, 5.74) is 2.35. The van der Waals surface area contributed by atoms with Crippen molar-refractivity contribution in [2.45, 2.75) is 19.6 Å². The van der Waals surface area contributed by atoms with Gasteiger partial charge in [0.2, 0.25) is 0 Å². The molecule has 0 radical (unpaired) electrons. The molecule has 1 N–H and O–H groups in total. The number of aromatic hydroxyl groups is 1. The van der Waals surface area contributed by atoms with E-state index in [-0.39, 0.29) is 23.6 Å². The minimum Gasteiger partial charge on any atom is -0.508 e. The molecule has 1 unspecified atom stereocenters. The highest BCUT2D eigenvalue weighted by Crippen LogP contribution is 2.43. The van der Waals surface area contributed by atoms with Crippen LogP contribution in [0.4, 0.5) is 5.69 Å². The van der Waals surface area contributed by atoms with E-state index in [0.29, 0.717) is 28.8 Å². The van der Waals surface area contributed by atoms with Gasteiger partial charge >= 0.3 is 5.69 Å². The molecule has 0 fully saturated rings. The predicted octanol–water partition coefficient (Wildman–Crippen LogP) is 2.75. The number of fused-ring (bicyclic) bond motifs is 3. The molecule has 1 atom stereocenters. The smallest absolute Gasteiger partial charge is 0.331 e. The summed E-state index contributed by atoms with van der Waals surface area (Å²) in [5, 5.41) is 22.4. The van der Waals surface area contributed by atoms with E-state index < -0.39 is 22.3 Å². The quantitative estimate of drug-likeness (QED) is 0.369. The number of rotatable bonds is 3. The van der Waals surface area contributed by atoms with Crippen LogP contribution in [0.25, 0.3) is 22.2 Å². The summed E-state index contributed by atoms with van der Waals surface area (Å²) in [7, 11) is 3.01. The van der Waals surface area contributed by atoms with Crippen LogP contribution in [0.2, 0.25) is 0 Å². The lowest BCUT2D eigenvalue weighted by Gasteiger charge is -2.28. The largest absolute Gasteiger partial charge is 0.508 e. The number of non-ortho nitro benzene ring substituents is 1. The number of nitro benzene ring substituents is 1. The third-order valence-corrected chi connectivity index (χ3v) is 6.35. The third kappa shape index (κ3) is 3.06. The minimum atomic E-state index is -0.924. The summed E-state index contributed by atoms with van der Waals surface area (Å²) >= 11 is 0. The molecule has 0 saturated carbocycles. The standard InChI is InChI=1S/C24H22N4O6/c1-13-5-4-6-14(11-13)19-18-20(25(2)24(31)26(3)23(18)30)21-22(34-10-9-27(19)21)16-12-15(28(32)33)7-8-17(16)29/h4-8,11-12,22,29H,9-10H2,1-3H3. The Bertz CT molecular complexity index is 1610. The molecule has 10 nitrogen and oxygen atoms in total. The molecule has 2 aromatic carbocycles. The van der Waals surface area contributed by atoms with E-state index in [2.05, 4.69) is 0 Å². The van der Waals surface area contributed by atoms with Crippen molar-refractivity contribution in [1.29, 1.82) is 0 Å². The number of phenols is 1. The highest BCUT2D eigenvalue weighted by atomic mass is 16.6. The van der Waals surface area contributed by atoms with Crippen LogP contribution in [0.5, 0.6) is 5.75 Å². The lowest BCUT2D eigenvalue weighted by Crippen LogP contribution is -2.37. The van der Waals surface area contributed by atoms with Crippen LogP contribution >= 0.6 is 0 Å². The minimum absolute atomic E-state index is 0.177. The van der Waals surface area contributed by atoms with Crippen molar-refractivity contribution in [1.82, 2.24) is 13.7 Å². The predicted molar refractivity (Wildman–Crippen MR) is 125 cm³/mol. The van der Waals surface area contributed by atoms with Gasteiger partial charge in [-0.2, -0.15) is 0 Å². The van der Waals surface area contributed by atoms with Crippen molar-refractivity contribution in [2.75, 3.05) is 6.61 Å². The maximum Gasteiger partial charge on any atom is 0.331 e. The molecule has 3 heterocycles. The molecule has 0 bridgehead atoms. The third-order valence-electron chi connectivity index (χ3n) is 6.35. The van der Waals surface area contributed by atoms with E-state index in [1.54, 1.807) is 7.05 Å². The molecule has 5 rings (SSSR count). The first kappa shape index (κ1) is 21.7. The number of aromatic nitrogens is 3. The van der Waals surface area contributed by atoms with E-state index >= 15 is 0 Å². The SMILES string of the molecule is Cc1cccc(-c2c3c(=O)n(C)c(=O)n(C)c3c3n2CCOC3c2cc([N+](=O)[O-])ccc2O)c1. The van der Waals surface area contributed by atoms with Gasteiger partial charge in [0, 0.05) is 38.3 Å². The second-order valence-electron chi connectivity index (χ2n) is 8.44. The topological polar surface area (TPSA) is 122 Å². The van der Waals surface area contributed by atoms with Gasteiger partial charge in [-0.1, -0.05) is 23.8 Å². The van der Waals surface area contributed by atoms with Gasteiger partial charge in [0.1, 0.15) is 11.9 Å². The molecule has 1 aliphatic rings. The molecule has 0 spiro atoms. The average molecular weight is 462 g/mol. The first-order chi connectivity index (χ1) is 16.2. The fraction of sp³-hybridized carbons (Fsp3) is 0.250. The second-order valence-corrected chi connectivity index (χ2v) is 8.44. The molecule has 1 aliphatic heterocycles. The maximum atomic E-state index is 13.4. The van der Waals surface area contributed by atoms with Gasteiger partial charge < -0.3 is 14.4 Å². The fourth-order valence-electron chi connectivity index (χ4n) is 4.77. The van der Waals surface area contributed by atoms with Gasteiger partial charge in [-0.15, -0.1) is 0 Å². The maximum absolute atomic E-state index is 13.4. The van der Waals surface area contributed by atoms with Crippen molar-refractivity contribution < 1.29 is 14.8 Å². The van der Waals surface area contributed by atoms with Gasteiger partial charge in [-0.05, 0) is 24.6 Å². The lowest BCUT2D eigenvalue weighted by molar-refractivity contribution is -0.385. The van der Waals surface area contributed by atoms with E-state index in [9.17, 15) is 24.8 Å². The zero-order valence-electron chi connectivity index (χ0n) is 18.8. The Morgan fingerprint density at radius 1 is 1.12 bits per heavy atom. The van der Waals surface area contributed by atoms with Gasteiger partial charge in [0.05, 0.1) is 33.8 Å². The Hall–Kier alpha value is -4.18. The molecule has 174 valence electrons. The molecule has 34 heavy (non-hydrogen) atoms. The molecule has 2 aromatic heterocycles. The van der Waals surface area contributed by atoms with Crippen molar-refractivity contribution >= 4 is 16.6 Å². The molecule has 0 aliphatic carbocycles. The van der Waals surface area contributed by atoms with E-state index in [0.717, 1.165) is 15.7 Å². The first-order valence-corrected chi connectivity index (χ1v) is 10.7. The number of benzene rings is 2. The highest BCUT2D eigenvalue weighted by molar-refractivity contribution is 5.96. The Morgan fingerprint density at radius 2 is 1.88 bits per heavy atom. The molecular weight excluding hydrogens is 440 g/mol. The van der Waals surface area contributed by atoms with Crippen LogP contribution in [-0.2, 0) is 25.4 Å². The normalized spacial score (nSPS) is 15.4. The van der Waals surface area contributed by atoms with Crippen molar-refractivity contribution in [3.05, 3.63) is 90.2 Å². The second kappa shape index (κ2) is 7.70. The Balaban J connectivity index is 1.94. The summed E-state index contributed by atoms with van der Waals surface area (Å²) in [6, 6.07) is 11.4. The van der Waals surface area contributed by atoms with E-state index in [1.807, 2.05) is 35.8 Å². The first-order valence-electron chi connectivity index (χ1n) is 10.7. The molecule has 0 amide bonds. The van der Waals surface area contributed by atoms with Crippen LogP contribution in [-0.4, -0.2) is 30.3 Å². The summed E-state index contributed by atoms with van der Waals surface area (Å²) < 4.78 is 10.4. The van der Waals surface area contributed by atoms with Crippen molar-refractivity contribution in [2.24, 2.45) is 14.1 Å². The number of aryl methyl sites for hydroxylation is 2. The molecule has 4 aromatic rings. The van der Waals surface area contributed by atoms with E-state index in [4.69, 9.17) is 4.74 Å². The van der Waals surface area contributed by atoms with Crippen LogP contribution in [0.15, 0.2) is 52.1 Å². The van der Waals surface area contributed by atoms with E-state index in [1.165, 1.54) is 29.8 Å². The number of hydrogen-bond donors (Lipinski definition) is 1. The van der Waals surface area contributed by atoms with Crippen LogP contribution in [0, 0.1) is 17.0 Å². The van der Waals surface area contributed by atoms with Crippen molar-refractivity contribution in [3.63, 3.8) is 0 Å². The summed E-state index contributed by atoms with van der Waals surface area (Å²) in [6.45, 7) is 2.59. The zero-order chi connectivity index (χ0) is 24.3. The monoisotopic (exact) mass is 462 g/mol. The molecule has 0 saturated heterocycles. The number of hydrogen-bond acceptors (Lipinski definition) is 6. The van der Waals surface area contributed by atoms with Gasteiger partial charge in [0.15, 0.2) is 0 Å². The fourth-order valence-corrected chi connectivity index (χ4v) is 4.77. The number of nitro groups is 1. The van der Waals surface area contributed by atoms with Gasteiger partial charge in [-0.25, -0.2) is 4.79 Å². The average Bonchev–Trinajstić information content (AvgIpc) is 3.17.